The second-order valence-electron chi connectivity index (χ2n) is 6.83. The number of carbonyl (C=O) groups excluding carboxylic acids is 2. The summed E-state index contributed by atoms with van der Waals surface area (Å²) in [5.41, 5.74) is -0.310. The summed E-state index contributed by atoms with van der Waals surface area (Å²) < 4.78 is 31.6. The van der Waals surface area contributed by atoms with Gasteiger partial charge in [-0.15, -0.1) is 0 Å². The summed E-state index contributed by atoms with van der Waals surface area (Å²) in [6, 6.07) is 12.0. The zero-order valence-corrected chi connectivity index (χ0v) is 16.1. The zero-order chi connectivity index (χ0) is 21.0. The van der Waals surface area contributed by atoms with Crippen LogP contribution >= 0.6 is 0 Å². The van der Waals surface area contributed by atoms with E-state index in [9.17, 15) is 18.4 Å². The van der Waals surface area contributed by atoms with Crippen LogP contribution in [-0.2, 0) is 26.3 Å². The largest absolute Gasteiger partial charge is 0.467 e. The summed E-state index contributed by atoms with van der Waals surface area (Å²) in [6.07, 6.45) is 0.821. The van der Waals surface area contributed by atoms with Crippen molar-refractivity contribution in [2.45, 2.75) is 25.0 Å². The Morgan fingerprint density at radius 2 is 1.86 bits per heavy atom. The van der Waals surface area contributed by atoms with Crippen LogP contribution in [-0.4, -0.2) is 42.9 Å². The quantitative estimate of drug-likeness (QED) is 0.755. The van der Waals surface area contributed by atoms with Crippen LogP contribution in [0.1, 0.15) is 18.1 Å². The fourth-order valence-corrected chi connectivity index (χ4v) is 3.30. The van der Waals surface area contributed by atoms with Crippen LogP contribution in [0.2, 0.25) is 0 Å². The molecule has 8 heteroatoms. The molecule has 1 amide bonds. The van der Waals surface area contributed by atoms with Gasteiger partial charge in [0.1, 0.15) is 11.6 Å². The highest BCUT2D eigenvalue weighted by Crippen LogP contribution is 2.32. The first-order valence-corrected chi connectivity index (χ1v) is 9.03. The Hall–Kier alpha value is -3.29. The molecule has 0 radical (unpaired) electrons. The van der Waals surface area contributed by atoms with Gasteiger partial charge in [-0.25, -0.2) is 13.6 Å². The van der Waals surface area contributed by atoms with Crippen molar-refractivity contribution in [2.75, 3.05) is 13.7 Å². The number of aliphatic imine (C=N–C) groups is 1. The van der Waals surface area contributed by atoms with Crippen molar-refractivity contribution in [2.24, 2.45) is 4.99 Å². The summed E-state index contributed by atoms with van der Waals surface area (Å²) in [7, 11) is 1.30. The summed E-state index contributed by atoms with van der Waals surface area (Å²) in [4.78, 5) is 30.9. The molecule has 152 valence electrons. The van der Waals surface area contributed by atoms with E-state index in [1.54, 1.807) is 24.0 Å². The lowest BCUT2D eigenvalue weighted by Gasteiger charge is -2.29. The van der Waals surface area contributed by atoms with Gasteiger partial charge in [-0.05, 0) is 30.2 Å². The third-order valence-electron chi connectivity index (χ3n) is 4.77. The Kier molecular flexibility index (Phi) is 5.91. The zero-order valence-electron chi connectivity index (χ0n) is 16.1. The molecule has 0 aliphatic carbocycles. The van der Waals surface area contributed by atoms with Crippen LogP contribution in [0.25, 0.3) is 0 Å². The molecule has 0 fully saturated rings. The van der Waals surface area contributed by atoms with Gasteiger partial charge in [0.15, 0.2) is 0 Å². The topological polar surface area (TPSA) is 71.0 Å². The van der Waals surface area contributed by atoms with Crippen LogP contribution < -0.4 is 5.32 Å². The molecule has 2 aromatic rings. The Bertz CT molecular complexity index is 916. The number of benzene rings is 2. The van der Waals surface area contributed by atoms with Gasteiger partial charge in [0, 0.05) is 6.07 Å². The molecular formula is C21H21F2N3O3. The normalized spacial score (nSPS) is 19.1. The van der Waals surface area contributed by atoms with Crippen LogP contribution in [0, 0.1) is 11.6 Å². The molecule has 1 heterocycles. The lowest BCUT2D eigenvalue weighted by molar-refractivity contribution is -0.147. The van der Waals surface area contributed by atoms with Gasteiger partial charge in [-0.2, -0.15) is 0 Å². The SMILES string of the molecule is COC(=O)C1(c2ccccc2)CN(C(C)NC(=O)Cc2cc(F)cc(F)c2)C=N1. The monoisotopic (exact) mass is 401 g/mol. The maximum absolute atomic E-state index is 13.3. The molecule has 3 rings (SSSR count). The lowest BCUT2D eigenvalue weighted by Crippen LogP contribution is -2.49. The molecule has 6 nitrogen and oxygen atoms in total. The number of hydrogen-bond acceptors (Lipinski definition) is 5. The predicted octanol–water partition coefficient (Wildman–Crippen LogP) is 2.38. The molecule has 0 bridgehead atoms. The van der Waals surface area contributed by atoms with E-state index in [2.05, 4.69) is 10.3 Å². The molecule has 1 aliphatic heterocycles. The fourth-order valence-electron chi connectivity index (χ4n) is 3.30. The fraction of sp³-hybridized carbons (Fsp3) is 0.286. The highest BCUT2D eigenvalue weighted by atomic mass is 19.1. The van der Waals surface area contributed by atoms with Crippen LogP contribution in [0.5, 0.6) is 0 Å². The first-order valence-electron chi connectivity index (χ1n) is 9.03. The Morgan fingerprint density at radius 1 is 1.21 bits per heavy atom. The molecule has 2 atom stereocenters. The van der Waals surface area contributed by atoms with Gasteiger partial charge < -0.3 is 15.0 Å². The Morgan fingerprint density at radius 3 is 2.48 bits per heavy atom. The molecule has 1 aliphatic rings. The predicted molar refractivity (Wildman–Crippen MR) is 103 cm³/mol. The van der Waals surface area contributed by atoms with Crippen molar-refractivity contribution in [1.29, 1.82) is 0 Å². The number of amides is 1. The number of carbonyl (C=O) groups is 2. The van der Waals surface area contributed by atoms with E-state index < -0.39 is 35.2 Å². The number of nitrogens with zero attached hydrogens (tertiary/aromatic N) is 2. The van der Waals surface area contributed by atoms with Gasteiger partial charge in [0.25, 0.3) is 0 Å². The second-order valence-corrected chi connectivity index (χ2v) is 6.83. The van der Waals surface area contributed by atoms with Crippen molar-refractivity contribution >= 4 is 18.2 Å². The third-order valence-corrected chi connectivity index (χ3v) is 4.77. The number of nitrogens with one attached hydrogen (secondary N) is 1. The highest BCUT2D eigenvalue weighted by molar-refractivity contribution is 5.87. The summed E-state index contributed by atoms with van der Waals surface area (Å²) in [6.45, 7) is 1.91. The minimum absolute atomic E-state index is 0.176. The number of methoxy groups -OCH3 is 1. The standard InChI is InChI=1S/C21H21F2N3O3/c1-14(25-19(27)10-15-8-17(22)11-18(23)9-15)26-12-21(24-13-26,20(28)29-2)16-6-4-3-5-7-16/h3-9,11,13-14H,10,12H2,1-2H3,(H,25,27). The third kappa shape index (κ3) is 4.42. The van der Waals surface area contributed by atoms with E-state index in [1.165, 1.54) is 13.4 Å². The minimum atomic E-state index is -1.22. The number of halogens is 2. The number of rotatable bonds is 6. The van der Waals surface area contributed by atoms with E-state index in [-0.39, 0.29) is 18.5 Å². The molecule has 2 unspecified atom stereocenters. The number of hydrogen-bond donors (Lipinski definition) is 1. The van der Waals surface area contributed by atoms with Crippen LogP contribution in [0.15, 0.2) is 53.5 Å². The van der Waals surface area contributed by atoms with Gasteiger partial charge in [-0.3, -0.25) is 9.79 Å². The average molecular weight is 401 g/mol. The minimum Gasteiger partial charge on any atom is -0.467 e. The molecule has 0 aromatic heterocycles. The highest BCUT2D eigenvalue weighted by Gasteiger charge is 2.46. The first kappa shape index (κ1) is 20.4. The number of esters is 1. The van der Waals surface area contributed by atoms with Gasteiger partial charge in [0.05, 0.1) is 32.6 Å². The van der Waals surface area contributed by atoms with E-state index in [1.807, 2.05) is 18.2 Å². The smallest absolute Gasteiger partial charge is 0.340 e. The van der Waals surface area contributed by atoms with Crippen molar-refractivity contribution in [1.82, 2.24) is 10.2 Å². The van der Waals surface area contributed by atoms with Gasteiger partial charge >= 0.3 is 5.97 Å². The van der Waals surface area contributed by atoms with Crippen LogP contribution in [0.4, 0.5) is 8.78 Å². The van der Waals surface area contributed by atoms with Crippen molar-refractivity contribution < 1.29 is 23.1 Å². The maximum atomic E-state index is 13.3. The Balaban J connectivity index is 1.69. The van der Waals surface area contributed by atoms with Crippen molar-refractivity contribution in [3.63, 3.8) is 0 Å². The molecule has 1 N–H and O–H groups in total. The van der Waals surface area contributed by atoms with E-state index in [0.717, 1.165) is 18.2 Å². The molecule has 0 saturated carbocycles. The second kappa shape index (κ2) is 8.38. The van der Waals surface area contributed by atoms with Gasteiger partial charge in [0.2, 0.25) is 11.4 Å². The van der Waals surface area contributed by atoms with Crippen molar-refractivity contribution in [3.05, 3.63) is 71.3 Å². The number of ether oxygens (including phenoxy) is 1. The average Bonchev–Trinajstić information content (AvgIpc) is 3.14. The van der Waals surface area contributed by atoms with Gasteiger partial charge in [-0.1, -0.05) is 30.3 Å². The lowest BCUT2D eigenvalue weighted by atomic mass is 9.91. The van der Waals surface area contributed by atoms with E-state index in [0.29, 0.717) is 5.56 Å². The van der Waals surface area contributed by atoms with Crippen molar-refractivity contribution in [3.8, 4) is 0 Å². The molecule has 2 aromatic carbocycles. The maximum Gasteiger partial charge on any atom is 0.340 e. The molecule has 0 saturated heterocycles. The summed E-state index contributed by atoms with van der Waals surface area (Å²) in [5, 5.41) is 2.75. The summed E-state index contributed by atoms with van der Waals surface area (Å²) >= 11 is 0. The molecular weight excluding hydrogens is 380 g/mol. The summed E-state index contributed by atoms with van der Waals surface area (Å²) in [5.74, 6) is -2.39. The van der Waals surface area contributed by atoms with E-state index >= 15 is 0 Å². The molecule has 29 heavy (non-hydrogen) atoms. The molecule has 0 spiro atoms. The van der Waals surface area contributed by atoms with E-state index in [4.69, 9.17) is 4.74 Å². The van der Waals surface area contributed by atoms with Crippen LogP contribution in [0.3, 0.4) is 0 Å². The first-order chi connectivity index (χ1) is 13.8. The Labute approximate surface area is 167 Å².